The van der Waals surface area contributed by atoms with E-state index in [0.717, 1.165) is 15.8 Å². The molecule has 2 aromatic heterocycles. The first-order valence-electron chi connectivity index (χ1n) is 6.82. The average Bonchev–Trinajstić information content (AvgIpc) is 3.14. The lowest BCUT2D eigenvalue weighted by molar-refractivity contribution is -0.140. The predicted octanol–water partition coefficient (Wildman–Crippen LogP) is 1.53. The fourth-order valence-corrected chi connectivity index (χ4v) is 1.98. The molecule has 0 radical (unpaired) electrons. The van der Waals surface area contributed by atoms with Gasteiger partial charge in [-0.15, -0.1) is 5.10 Å². The molecule has 0 fully saturated rings. The third kappa shape index (κ3) is 2.63. The minimum atomic E-state index is -1.07. The number of aromatic nitrogens is 5. The largest absolute Gasteiger partial charge is 0.480 e. The molecule has 0 aliphatic rings. The predicted molar refractivity (Wildman–Crippen MR) is 80.2 cm³/mol. The lowest BCUT2D eigenvalue weighted by atomic mass is 10.1. The second-order valence-electron chi connectivity index (χ2n) is 5.07. The molecule has 0 bridgehead atoms. The van der Waals surface area contributed by atoms with Gasteiger partial charge in [0.25, 0.3) is 5.89 Å². The number of nitrogens with zero attached hydrogens (tertiary/aromatic N) is 5. The maximum absolute atomic E-state index is 11.0. The summed E-state index contributed by atoms with van der Waals surface area (Å²) < 4.78 is 6.26. The minimum Gasteiger partial charge on any atom is -0.480 e. The van der Waals surface area contributed by atoms with Crippen molar-refractivity contribution < 1.29 is 14.4 Å². The molecule has 2 heterocycles. The van der Waals surface area contributed by atoms with Gasteiger partial charge in [0, 0.05) is 5.56 Å². The number of carboxylic acid groups (broad SMARTS) is 1. The molecule has 118 valence electrons. The monoisotopic (exact) mass is 314 g/mol. The Balaban J connectivity index is 1.95. The van der Waals surface area contributed by atoms with Crippen molar-refractivity contribution in [2.45, 2.75) is 19.9 Å². The number of hydrogen-bond donors (Lipinski definition) is 2. The van der Waals surface area contributed by atoms with Gasteiger partial charge in [-0.3, -0.25) is 0 Å². The van der Waals surface area contributed by atoms with Gasteiger partial charge in [0.15, 0.2) is 17.6 Å². The van der Waals surface area contributed by atoms with E-state index >= 15 is 0 Å². The zero-order chi connectivity index (χ0) is 16.6. The molecule has 9 heteroatoms. The van der Waals surface area contributed by atoms with Crippen LogP contribution in [-0.4, -0.2) is 36.2 Å². The van der Waals surface area contributed by atoms with E-state index in [1.807, 2.05) is 31.2 Å². The molecule has 0 aliphatic heterocycles. The summed E-state index contributed by atoms with van der Waals surface area (Å²) in [6.45, 7) is 3.43. The Morgan fingerprint density at radius 2 is 2.04 bits per heavy atom. The molecule has 0 spiro atoms. The summed E-state index contributed by atoms with van der Waals surface area (Å²) in [6, 6.07) is 6.67. The van der Waals surface area contributed by atoms with Crippen LogP contribution >= 0.6 is 0 Å². The van der Waals surface area contributed by atoms with E-state index in [2.05, 4.69) is 20.5 Å². The van der Waals surface area contributed by atoms with Crippen LogP contribution in [-0.2, 0) is 4.79 Å². The molecular weight excluding hydrogens is 300 g/mol. The molecule has 9 nitrogen and oxygen atoms in total. The van der Waals surface area contributed by atoms with Gasteiger partial charge in [-0.25, -0.2) is 9.48 Å². The highest BCUT2D eigenvalue weighted by Crippen LogP contribution is 2.26. The number of rotatable bonds is 4. The normalized spacial score (nSPS) is 12.3. The van der Waals surface area contributed by atoms with Gasteiger partial charge in [0.2, 0.25) is 5.82 Å². The highest BCUT2D eigenvalue weighted by Gasteiger charge is 2.24. The SMILES string of the molecule is Cc1ccc(-c2noc(-c3nnn(C(C)C(=O)O)c3N)n2)cc1. The van der Waals surface area contributed by atoms with Crippen molar-refractivity contribution >= 4 is 11.8 Å². The van der Waals surface area contributed by atoms with Crippen LogP contribution in [0.25, 0.3) is 23.0 Å². The summed E-state index contributed by atoms with van der Waals surface area (Å²) in [5.74, 6) is -0.542. The van der Waals surface area contributed by atoms with E-state index in [1.165, 1.54) is 6.92 Å². The Morgan fingerprint density at radius 1 is 1.35 bits per heavy atom. The molecule has 3 rings (SSSR count). The van der Waals surface area contributed by atoms with Crippen LogP contribution in [0, 0.1) is 6.92 Å². The zero-order valence-electron chi connectivity index (χ0n) is 12.5. The van der Waals surface area contributed by atoms with E-state index in [4.69, 9.17) is 15.4 Å². The number of aliphatic carboxylic acids is 1. The van der Waals surface area contributed by atoms with Crippen molar-refractivity contribution in [3.8, 4) is 23.0 Å². The Bertz CT molecular complexity index is 852. The first-order valence-corrected chi connectivity index (χ1v) is 6.82. The molecule has 0 saturated carbocycles. The number of carbonyl (C=O) groups is 1. The zero-order valence-corrected chi connectivity index (χ0v) is 12.5. The Labute approximate surface area is 130 Å². The number of carboxylic acids is 1. The highest BCUT2D eigenvalue weighted by atomic mass is 16.5. The third-order valence-electron chi connectivity index (χ3n) is 3.39. The number of aryl methyl sites for hydroxylation is 1. The van der Waals surface area contributed by atoms with Crippen LogP contribution in [0.3, 0.4) is 0 Å². The smallest absolute Gasteiger partial charge is 0.328 e. The standard InChI is InChI=1S/C14H14N6O3/c1-7-3-5-9(6-4-7)12-16-13(23-18-12)10-11(15)20(19-17-10)8(2)14(21)22/h3-6,8H,15H2,1-2H3,(H,21,22). The van der Waals surface area contributed by atoms with Gasteiger partial charge in [0.05, 0.1) is 0 Å². The molecule has 3 N–H and O–H groups in total. The van der Waals surface area contributed by atoms with E-state index in [0.29, 0.717) is 5.82 Å². The Kier molecular flexibility index (Phi) is 3.53. The summed E-state index contributed by atoms with van der Waals surface area (Å²) >= 11 is 0. The summed E-state index contributed by atoms with van der Waals surface area (Å²) in [7, 11) is 0. The fraction of sp³-hybridized carbons (Fsp3) is 0.214. The van der Waals surface area contributed by atoms with Gasteiger partial charge < -0.3 is 15.4 Å². The topological polar surface area (TPSA) is 133 Å². The highest BCUT2D eigenvalue weighted by molar-refractivity contribution is 5.73. The van der Waals surface area contributed by atoms with Crippen molar-refractivity contribution in [1.82, 2.24) is 25.1 Å². The molecule has 0 aliphatic carbocycles. The number of anilines is 1. The van der Waals surface area contributed by atoms with Crippen LogP contribution in [0.15, 0.2) is 28.8 Å². The van der Waals surface area contributed by atoms with E-state index in [9.17, 15) is 4.79 Å². The minimum absolute atomic E-state index is 0.0546. The number of nitrogens with two attached hydrogens (primary N) is 1. The summed E-state index contributed by atoms with van der Waals surface area (Å²) in [5, 5.41) is 20.5. The summed E-state index contributed by atoms with van der Waals surface area (Å²) in [6.07, 6.45) is 0. The number of hydrogen-bond acceptors (Lipinski definition) is 7. The first kappa shape index (κ1) is 14.7. The van der Waals surface area contributed by atoms with Gasteiger partial charge in [-0.2, -0.15) is 4.98 Å². The van der Waals surface area contributed by atoms with Gasteiger partial charge in [-0.05, 0) is 13.8 Å². The second kappa shape index (κ2) is 5.52. The van der Waals surface area contributed by atoms with E-state index < -0.39 is 12.0 Å². The average molecular weight is 314 g/mol. The van der Waals surface area contributed by atoms with Crippen LogP contribution in [0.2, 0.25) is 0 Å². The van der Waals surface area contributed by atoms with Crippen LogP contribution in [0.5, 0.6) is 0 Å². The number of benzene rings is 1. The van der Waals surface area contributed by atoms with Crippen molar-refractivity contribution in [3.05, 3.63) is 29.8 Å². The summed E-state index contributed by atoms with van der Waals surface area (Å²) in [4.78, 5) is 15.3. The lowest BCUT2D eigenvalue weighted by Crippen LogP contribution is -2.18. The molecule has 0 saturated heterocycles. The molecular formula is C14H14N6O3. The third-order valence-corrected chi connectivity index (χ3v) is 3.39. The molecule has 3 aromatic rings. The summed E-state index contributed by atoms with van der Waals surface area (Å²) in [5.41, 5.74) is 7.95. The van der Waals surface area contributed by atoms with E-state index in [-0.39, 0.29) is 17.4 Å². The molecule has 1 unspecified atom stereocenters. The van der Waals surface area contributed by atoms with Crippen molar-refractivity contribution in [2.24, 2.45) is 0 Å². The van der Waals surface area contributed by atoms with Gasteiger partial charge >= 0.3 is 5.97 Å². The van der Waals surface area contributed by atoms with Crippen molar-refractivity contribution in [3.63, 3.8) is 0 Å². The van der Waals surface area contributed by atoms with Crippen molar-refractivity contribution in [2.75, 3.05) is 5.73 Å². The quantitative estimate of drug-likeness (QED) is 0.740. The maximum atomic E-state index is 11.0. The van der Waals surface area contributed by atoms with Crippen LogP contribution < -0.4 is 5.73 Å². The lowest BCUT2D eigenvalue weighted by Gasteiger charge is -2.06. The molecule has 1 aromatic carbocycles. The van der Waals surface area contributed by atoms with Gasteiger partial charge in [0.1, 0.15) is 0 Å². The van der Waals surface area contributed by atoms with Crippen LogP contribution in [0.4, 0.5) is 5.82 Å². The Morgan fingerprint density at radius 3 is 2.70 bits per heavy atom. The fourth-order valence-electron chi connectivity index (χ4n) is 1.98. The number of nitrogen functional groups attached to an aromatic ring is 1. The first-order chi connectivity index (χ1) is 11.0. The molecule has 1 atom stereocenters. The molecule has 23 heavy (non-hydrogen) atoms. The second-order valence-corrected chi connectivity index (χ2v) is 5.07. The van der Waals surface area contributed by atoms with Crippen LogP contribution in [0.1, 0.15) is 18.5 Å². The van der Waals surface area contributed by atoms with Gasteiger partial charge in [-0.1, -0.05) is 40.2 Å². The Hall–Kier alpha value is -3.23. The maximum Gasteiger partial charge on any atom is 0.328 e. The van der Waals surface area contributed by atoms with E-state index in [1.54, 1.807) is 0 Å². The van der Waals surface area contributed by atoms with Crippen molar-refractivity contribution in [1.29, 1.82) is 0 Å². The molecule has 0 amide bonds.